The topological polar surface area (TPSA) is 98.5 Å². The standard InChI is InChI=1S/C14H19ClN4O3/c1-9(16)11-12(15)10(14(20)21)8-18-13(11)17-2-3-19-4-6-22-7-5-19/h8,16H,2-7H2,1H3,(H,17,18)(H,20,21). The van der Waals surface area contributed by atoms with Gasteiger partial charge in [0.15, 0.2) is 0 Å². The Balaban J connectivity index is 2.08. The van der Waals surface area contributed by atoms with E-state index in [9.17, 15) is 4.79 Å². The molecule has 0 saturated carbocycles. The number of hydrogen-bond donors (Lipinski definition) is 3. The number of carboxylic acid groups (broad SMARTS) is 1. The number of anilines is 1. The molecule has 22 heavy (non-hydrogen) atoms. The van der Waals surface area contributed by atoms with Crippen molar-refractivity contribution in [1.29, 1.82) is 5.41 Å². The molecule has 2 rings (SSSR count). The van der Waals surface area contributed by atoms with Gasteiger partial charge in [0.2, 0.25) is 0 Å². The largest absolute Gasteiger partial charge is 0.478 e. The smallest absolute Gasteiger partial charge is 0.338 e. The summed E-state index contributed by atoms with van der Waals surface area (Å²) in [6.45, 7) is 6.27. The van der Waals surface area contributed by atoms with Crippen molar-refractivity contribution < 1.29 is 14.6 Å². The molecule has 2 heterocycles. The minimum atomic E-state index is -1.15. The van der Waals surface area contributed by atoms with E-state index >= 15 is 0 Å². The first-order chi connectivity index (χ1) is 10.5. The van der Waals surface area contributed by atoms with E-state index in [0.29, 0.717) is 17.9 Å². The van der Waals surface area contributed by atoms with Gasteiger partial charge in [0.25, 0.3) is 0 Å². The molecule has 120 valence electrons. The maximum absolute atomic E-state index is 11.1. The molecular formula is C14H19ClN4O3. The highest BCUT2D eigenvalue weighted by atomic mass is 35.5. The van der Waals surface area contributed by atoms with Crippen LogP contribution in [0.2, 0.25) is 5.02 Å². The van der Waals surface area contributed by atoms with Gasteiger partial charge in [-0.15, -0.1) is 0 Å². The molecule has 0 aromatic carbocycles. The summed E-state index contributed by atoms with van der Waals surface area (Å²) in [5, 5.41) is 20.1. The number of morpholine rings is 1. The Kier molecular flexibility index (Phi) is 5.70. The molecule has 1 fully saturated rings. The van der Waals surface area contributed by atoms with Crippen LogP contribution in [-0.2, 0) is 4.74 Å². The third kappa shape index (κ3) is 3.94. The second kappa shape index (κ2) is 7.53. The van der Waals surface area contributed by atoms with Gasteiger partial charge in [-0.25, -0.2) is 9.78 Å². The van der Waals surface area contributed by atoms with Crippen LogP contribution in [0.15, 0.2) is 6.20 Å². The number of pyridine rings is 1. The van der Waals surface area contributed by atoms with Crippen LogP contribution in [0.25, 0.3) is 0 Å². The van der Waals surface area contributed by atoms with Crippen LogP contribution >= 0.6 is 11.6 Å². The predicted octanol–water partition coefficient (Wildman–Crippen LogP) is 1.57. The van der Waals surface area contributed by atoms with Gasteiger partial charge in [-0.3, -0.25) is 4.90 Å². The van der Waals surface area contributed by atoms with Gasteiger partial charge in [-0.05, 0) is 6.92 Å². The number of nitrogens with one attached hydrogen (secondary N) is 2. The summed E-state index contributed by atoms with van der Waals surface area (Å²) in [5.74, 6) is -0.712. The molecule has 0 radical (unpaired) electrons. The van der Waals surface area contributed by atoms with Crippen molar-refractivity contribution in [2.45, 2.75) is 6.92 Å². The summed E-state index contributed by atoms with van der Waals surface area (Å²) in [6, 6.07) is 0. The van der Waals surface area contributed by atoms with E-state index in [1.165, 1.54) is 6.20 Å². The normalized spacial score (nSPS) is 15.5. The van der Waals surface area contributed by atoms with Crippen LogP contribution in [0.1, 0.15) is 22.8 Å². The van der Waals surface area contributed by atoms with Crippen LogP contribution in [0.3, 0.4) is 0 Å². The summed E-state index contributed by atoms with van der Waals surface area (Å²) in [6.07, 6.45) is 1.22. The summed E-state index contributed by atoms with van der Waals surface area (Å²) in [7, 11) is 0. The van der Waals surface area contributed by atoms with Crippen molar-refractivity contribution in [3.8, 4) is 0 Å². The molecule has 1 aliphatic heterocycles. The van der Waals surface area contributed by atoms with E-state index in [0.717, 1.165) is 32.8 Å². The first-order valence-electron chi connectivity index (χ1n) is 7.02. The van der Waals surface area contributed by atoms with Crippen molar-refractivity contribution in [1.82, 2.24) is 9.88 Å². The first-order valence-corrected chi connectivity index (χ1v) is 7.39. The van der Waals surface area contributed by atoms with Gasteiger partial charge >= 0.3 is 5.97 Å². The second-order valence-corrected chi connectivity index (χ2v) is 5.40. The fourth-order valence-electron chi connectivity index (χ4n) is 2.27. The van der Waals surface area contributed by atoms with Crippen LogP contribution in [-0.4, -0.2) is 66.1 Å². The molecule has 0 unspecified atom stereocenters. The number of hydrogen-bond acceptors (Lipinski definition) is 6. The van der Waals surface area contributed by atoms with Crippen LogP contribution in [0.5, 0.6) is 0 Å². The van der Waals surface area contributed by atoms with E-state index in [1.54, 1.807) is 6.92 Å². The molecule has 1 aromatic rings. The number of ether oxygens (including phenoxy) is 1. The molecule has 0 spiro atoms. The second-order valence-electron chi connectivity index (χ2n) is 5.02. The molecule has 8 heteroatoms. The Morgan fingerprint density at radius 2 is 2.23 bits per heavy atom. The number of aromatic nitrogens is 1. The molecule has 1 saturated heterocycles. The van der Waals surface area contributed by atoms with E-state index in [4.69, 9.17) is 26.9 Å². The highest BCUT2D eigenvalue weighted by Crippen LogP contribution is 2.26. The van der Waals surface area contributed by atoms with E-state index in [2.05, 4.69) is 15.2 Å². The molecule has 0 amide bonds. The SMILES string of the molecule is CC(=N)c1c(NCCN2CCOCC2)ncc(C(=O)O)c1Cl. The highest BCUT2D eigenvalue weighted by Gasteiger charge is 2.19. The molecule has 0 bridgehead atoms. The molecule has 1 aromatic heterocycles. The molecule has 0 atom stereocenters. The zero-order valence-electron chi connectivity index (χ0n) is 12.4. The molecule has 3 N–H and O–H groups in total. The Hall–Kier alpha value is -1.70. The summed E-state index contributed by atoms with van der Waals surface area (Å²) < 4.78 is 5.29. The Bertz CT molecular complexity index is 573. The molecule has 0 aliphatic carbocycles. The fraction of sp³-hybridized carbons (Fsp3) is 0.500. The average molecular weight is 327 g/mol. The van der Waals surface area contributed by atoms with Gasteiger partial charge in [-0.1, -0.05) is 11.6 Å². The number of halogens is 1. The lowest BCUT2D eigenvalue weighted by atomic mass is 10.1. The zero-order valence-corrected chi connectivity index (χ0v) is 13.1. The van der Waals surface area contributed by atoms with Crippen LogP contribution in [0.4, 0.5) is 5.82 Å². The molecule has 7 nitrogen and oxygen atoms in total. The molecule has 1 aliphatic rings. The van der Waals surface area contributed by atoms with Crippen molar-refractivity contribution in [3.63, 3.8) is 0 Å². The van der Waals surface area contributed by atoms with Crippen LogP contribution < -0.4 is 5.32 Å². The monoisotopic (exact) mass is 326 g/mol. The lowest BCUT2D eigenvalue weighted by Crippen LogP contribution is -2.39. The third-order valence-corrected chi connectivity index (χ3v) is 3.84. The molecular weight excluding hydrogens is 308 g/mol. The maximum atomic E-state index is 11.1. The summed E-state index contributed by atoms with van der Waals surface area (Å²) in [4.78, 5) is 17.5. The summed E-state index contributed by atoms with van der Waals surface area (Å²) in [5.41, 5.74) is 0.417. The van der Waals surface area contributed by atoms with Gasteiger partial charge < -0.3 is 20.6 Å². The van der Waals surface area contributed by atoms with Crippen molar-refractivity contribution >= 4 is 29.1 Å². The minimum absolute atomic E-state index is 0.0453. The Morgan fingerprint density at radius 1 is 1.55 bits per heavy atom. The summed E-state index contributed by atoms with van der Waals surface area (Å²) >= 11 is 6.10. The van der Waals surface area contributed by atoms with Gasteiger partial charge in [-0.2, -0.15) is 0 Å². The number of nitrogens with zero attached hydrogens (tertiary/aromatic N) is 2. The lowest BCUT2D eigenvalue weighted by molar-refractivity contribution is 0.0398. The number of carbonyl (C=O) groups is 1. The van der Waals surface area contributed by atoms with E-state index in [-0.39, 0.29) is 16.3 Å². The average Bonchev–Trinajstić information content (AvgIpc) is 2.47. The van der Waals surface area contributed by atoms with Crippen molar-refractivity contribution in [2.24, 2.45) is 0 Å². The quantitative estimate of drug-likeness (QED) is 0.686. The van der Waals surface area contributed by atoms with E-state index in [1.807, 2.05) is 0 Å². The Labute approximate surface area is 133 Å². The minimum Gasteiger partial charge on any atom is -0.478 e. The van der Waals surface area contributed by atoms with Gasteiger partial charge in [0, 0.05) is 38.1 Å². The fourth-order valence-corrected chi connectivity index (χ4v) is 2.63. The lowest BCUT2D eigenvalue weighted by Gasteiger charge is -2.26. The van der Waals surface area contributed by atoms with Gasteiger partial charge in [0.05, 0.1) is 29.4 Å². The van der Waals surface area contributed by atoms with Crippen molar-refractivity contribution in [3.05, 3.63) is 22.3 Å². The van der Waals surface area contributed by atoms with Crippen molar-refractivity contribution in [2.75, 3.05) is 44.7 Å². The Morgan fingerprint density at radius 3 is 2.82 bits per heavy atom. The van der Waals surface area contributed by atoms with Gasteiger partial charge in [0.1, 0.15) is 5.82 Å². The van der Waals surface area contributed by atoms with E-state index < -0.39 is 5.97 Å². The number of aromatic carboxylic acids is 1. The van der Waals surface area contributed by atoms with Crippen LogP contribution in [0, 0.1) is 5.41 Å². The first kappa shape index (κ1) is 16.7. The number of carboxylic acids is 1. The number of rotatable bonds is 6. The zero-order chi connectivity index (χ0) is 16.1. The third-order valence-electron chi connectivity index (χ3n) is 3.45. The maximum Gasteiger partial charge on any atom is 0.338 e. The predicted molar refractivity (Wildman–Crippen MR) is 84.5 cm³/mol. The highest BCUT2D eigenvalue weighted by molar-refractivity contribution is 6.37.